The van der Waals surface area contributed by atoms with Crippen molar-refractivity contribution in [3.63, 3.8) is 0 Å². The summed E-state index contributed by atoms with van der Waals surface area (Å²) in [4.78, 5) is 68.2. The molecule has 2 aromatic carbocycles. The Bertz CT molecular complexity index is 1470. The number of aryl methyl sites for hydroxylation is 2. The van der Waals surface area contributed by atoms with E-state index in [0.717, 1.165) is 19.3 Å². The minimum atomic E-state index is -3.00. The number of Topliss-reactive ketones (excluding diaryl/α,β-unsaturated/α-hetero) is 4. The van der Waals surface area contributed by atoms with Crippen molar-refractivity contribution in [2.75, 3.05) is 14.1 Å². The fraction of sp³-hybridized carbons (Fsp3) is 0.469. The topological polar surface area (TPSA) is 175 Å². The highest BCUT2D eigenvalue weighted by atomic mass is 16.3. The largest absolute Gasteiger partial charge is 0.507 e. The van der Waals surface area contributed by atoms with Crippen LogP contribution in [0.3, 0.4) is 0 Å². The van der Waals surface area contributed by atoms with Gasteiger partial charge in [0.1, 0.15) is 5.75 Å². The first-order valence-corrected chi connectivity index (χ1v) is 14.2. The zero-order valence-corrected chi connectivity index (χ0v) is 23.8. The predicted octanol–water partition coefficient (Wildman–Crippen LogP) is 0.964. The van der Waals surface area contributed by atoms with Crippen LogP contribution in [0.25, 0.3) is 0 Å². The number of aliphatic hydroxyl groups is 2. The molecule has 3 aliphatic rings. The zero-order chi connectivity index (χ0) is 30.7. The smallest absolute Gasteiger partial charge is 0.235 e. The van der Waals surface area contributed by atoms with Crippen LogP contribution >= 0.6 is 0 Å². The Labute approximate surface area is 243 Å². The number of phenols is 1. The molecular weight excluding hydrogens is 540 g/mol. The maximum absolute atomic E-state index is 14.1. The van der Waals surface area contributed by atoms with E-state index in [2.05, 4.69) is 0 Å². The number of carbonyl (C=O) groups excluding carboxylic acids is 5. The van der Waals surface area contributed by atoms with Gasteiger partial charge in [-0.3, -0.25) is 28.9 Å². The average Bonchev–Trinajstić information content (AvgIpc) is 2.94. The van der Waals surface area contributed by atoms with Gasteiger partial charge >= 0.3 is 0 Å². The molecule has 5 rings (SSSR count). The lowest BCUT2D eigenvalue weighted by Crippen LogP contribution is -2.77. The van der Waals surface area contributed by atoms with Crippen LogP contribution in [0.2, 0.25) is 0 Å². The number of phenolic OH excluding ortho intramolecular Hbond substituents is 1. The van der Waals surface area contributed by atoms with E-state index in [0.29, 0.717) is 17.5 Å². The number of fused-ring (bicyclic) bond motifs is 3. The summed E-state index contributed by atoms with van der Waals surface area (Å²) in [6.07, 6.45) is 1.28. The number of primary amides is 1. The van der Waals surface area contributed by atoms with E-state index in [4.69, 9.17) is 5.73 Å². The van der Waals surface area contributed by atoms with Gasteiger partial charge in [-0.1, -0.05) is 49.4 Å². The molecule has 0 aromatic heterocycles. The highest BCUT2D eigenvalue weighted by Gasteiger charge is 2.72. The molecule has 10 nitrogen and oxygen atoms in total. The number of aromatic hydroxyl groups is 1. The molecule has 2 saturated carbocycles. The number of rotatable bonds is 7. The molecule has 8 atom stereocenters. The number of hydrogen-bond donors (Lipinski definition) is 4. The third kappa shape index (κ3) is 4.31. The van der Waals surface area contributed by atoms with Crippen molar-refractivity contribution in [2.24, 2.45) is 29.4 Å². The molecular formula is C32H36N2O8. The first-order chi connectivity index (χ1) is 19.8. The molecule has 2 aromatic rings. The Morgan fingerprint density at radius 2 is 1.62 bits per heavy atom. The third-order valence-electron chi connectivity index (χ3n) is 9.58. The molecule has 0 bridgehead atoms. The quantitative estimate of drug-likeness (QED) is 0.276. The summed E-state index contributed by atoms with van der Waals surface area (Å²) in [5.74, 6) is -13.0. The number of hydrogen-bond acceptors (Lipinski definition) is 9. The van der Waals surface area contributed by atoms with Crippen molar-refractivity contribution in [2.45, 2.75) is 56.3 Å². The Morgan fingerprint density at radius 3 is 2.24 bits per heavy atom. The van der Waals surface area contributed by atoms with Crippen LogP contribution in [-0.2, 0) is 32.0 Å². The Hall–Kier alpha value is -3.73. The molecule has 0 saturated heterocycles. The minimum Gasteiger partial charge on any atom is -0.507 e. The average molecular weight is 577 g/mol. The van der Waals surface area contributed by atoms with Crippen molar-refractivity contribution in [3.8, 4) is 5.75 Å². The van der Waals surface area contributed by atoms with Crippen LogP contribution in [0, 0.1) is 23.7 Å². The standard InChI is InChI=1S/C32H36N2O8/c1-15-18-14-13-17(12-8-7-11-16-9-5-4-6-10-16)25(35)20(18)26(36)21-19(15)27(37)23-24(34(2)3)28(38)22(31(33)41)30(40)32(23,42)29(21)39/h4-6,9-10,13-15,19,21-24,27,35,37,42H,7-8,11-12H2,1-3H3,(H2,33,41)/t15-,19+,21?,22?,23+,24-,27-,32-/m0/s1. The Morgan fingerprint density at radius 1 is 0.976 bits per heavy atom. The molecule has 0 heterocycles. The van der Waals surface area contributed by atoms with Crippen molar-refractivity contribution >= 4 is 29.0 Å². The van der Waals surface area contributed by atoms with Gasteiger partial charge in [0, 0.05) is 5.92 Å². The molecule has 5 N–H and O–H groups in total. The van der Waals surface area contributed by atoms with E-state index in [1.54, 1.807) is 19.1 Å². The van der Waals surface area contributed by atoms with E-state index in [1.165, 1.54) is 24.6 Å². The summed E-state index contributed by atoms with van der Waals surface area (Å²) in [6, 6.07) is 12.0. The number of benzene rings is 2. The zero-order valence-electron chi connectivity index (χ0n) is 23.8. The monoisotopic (exact) mass is 576 g/mol. The molecule has 0 spiro atoms. The van der Waals surface area contributed by atoms with E-state index < -0.39 is 76.4 Å². The second kappa shape index (κ2) is 10.8. The Balaban J connectivity index is 1.51. The summed E-state index contributed by atoms with van der Waals surface area (Å²) in [7, 11) is 2.93. The fourth-order valence-electron chi connectivity index (χ4n) is 7.52. The number of ketones is 4. The second-order valence-electron chi connectivity index (χ2n) is 12.1. The molecule has 2 unspecified atom stereocenters. The summed E-state index contributed by atoms with van der Waals surface area (Å²) >= 11 is 0. The third-order valence-corrected chi connectivity index (χ3v) is 9.58. The number of nitrogens with two attached hydrogens (primary N) is 1. The first kappa shape index (κ1) is 29.8. The number of carbonyl (C=O) groups is 5. The van der Waals surface area contributed by atoms with Crippen LogP contribution < -0.4 is 5.73 Å². The van der Waals surface area contributed by atoms with E-state index in [1.807, 2.05) is 30.3 Å². The van der Waals surface area contributed by atoms with Gasteiger partial charge in [-0.2, -0.15) is 0 Å². The van der Waals surface area contributed by atoms with Crippen molar-refractivity contribution < 1.29 is 39.3 Å². The fourth-order valence-corrected chi connectivity index (χ4v) is 7.52. The van der Waals surface area contributed by atoms with Gasteiger partial charge in [0.25, 0.3) is 0 Å². The molecule has 42 heavy (non-hydrogen) atoms. The van der Waals surface area contributed by atoms with Gasteiger partial charge in [-0.25, -0.2) is 0 Å². The lowest BCUT2D eigenvalue weighted by atomic mass is 9.49. The van der Waals surface area contributed by atoms with Gasteiger partial charge in [-0.15, -0.1) is 0 Å². The van der Waals surface area contributed by atoms with E-state index in [9.17, 15) is 39.3 Å². The van der Waals surface area contributed by atoms with Gasteiger partial charge < -0.3 is 21.1 Å². The summed E-state index contributed by atoms with van der Waals surface area (Å²) in [5.41, 5.74) is 4.45. The SMILES string of the molecule is C[C@H]1c2ccc(CCCCc3ccccc3)c(O)c2C(=O)C2C(=O)[C@]3(O)C(=O)C(C(N)=O)C(=O)[C@@H](N(C)C)[C@@H]3[C@@H](O)[C@@H]21. The number of likely N-dealkylation sites (N-methyl/N-ethyl adjacent to an activating group) is 1. The lowest BCUT2D eigenvalue weighted by Gasteiger charge is -2.56. The normalized spacial score (nSPS) is 32.4. The first-order valence-electron chi connectivity index (χ1n) is 14.2. The van der Waals surface area contributed by atoms with Gasteiger partial charge in [0.2, 0.25) is 5.91 Å². The summed E-state index contributed by atoms with van der Waals surface area (Å²) < 4.78 is 0. The Kier molecular flexibility index (Phi) is 7.67. The van der Waals surface area contributed by atoms with E-state index in [-0.39, 0.29) is 11.3 Å². The summed E-state index contributed by atoms with van der Waals surface area (Å²) in [5, 5.41) is 34.7. The lowest BCUT2D eigenvalue weighted by molar-refractivity contribution is -0.196. The molecule has 222 valence electrons. The molecule has 0 aliphatic heterocycles. The maximum Gasteiger partial charge on any atom is 0.235 e. The van der Waals surface area contributed by atoms with Crippen molar-refractivity contribution in [1.29, 1.82) is 0 Å². The van der Waals surface area contributed by atoms with Gasteiger partial charge in [-0.05, 0) is 62.4 Å². The van der Waals surface area contributed by atoms with Crippen LogP contribution in [-0.4, -0.2) is 81.1 Å². The van der Waals surface area contributed by atoms with Crippen LogP contribution in [0.4, 0.5) is 0 Å². The van der Waals surface area contributed by atoms with Crippen molar-refractivity contribution in [1.82, 2.24) is 4.90 Å². The number of aliphatic hydroxyl groups excluding tert-OH is 1. The van der Waals surface area contributed by atoms with Crippen LogP contribution in [0.15, 0.2) is 42.5 Å². The molecule has 1 amide bonds. The molecule has 0 radical (unpaired) electrons. The predicted molar refractivity (Wildman–Crippen MR) is 151 cm³/mol. The molecule has 2 fully saturated rings. The minimum absolute atomic E-state index is 0.0677. The van der Waals surface area contributed by atoms with Crippen molar-refractivity contribution in [3.05, 3.63) is 64.7 Å². The maximum atomic E-state index is 14.1. The van der Waals surface area contributed by atoms with Crippen LogP contribution in [0.1, 0.15) is 52.7 Å². The number of nitrogens with zero attached hydrogens (tertiary/aromatic N) is 1. The molecule has 10 heteroatoms. The highest BCUT2D eigenvalue weighted by molar-refractivity contribution is 6.32. The van der Waals surface area contributed by atoms with E-state index >= 15 is 0 Å². The number of unbranched alkanes of at least 4 members (excludes halogenated alkanes) is 1. The number of amides is 1. The van der Waals surface area contributed by atoms with Crippen LogP contribution in [0.5, 0.6) is 5.75 Å². The van der Waals surface area contributed by atoms with Gasteiger partial charge in [0.15, 0.2) is 34.7 Å². The second-order valence-corrected chi connectivity index (χ2v) is 12.1. The van der Waals surface area contributed by atoms with Gasteiger partial charge in [0.05, 0.1) is 29.5 Å². The summed E-state index contributed by atoms with van der Waals surface area (Å²) in [6.45, 7) is 1.70. The highest BCUT2D eigenvalue weighted by Crippen LogP contribution is 2.54. The molecule has 3 aliphatic carbocycles.